The molecule has 0 N–H and O–H groups in total. The zero-order chi connectivity index (χ0) is 30.2. The molecule has 1 aromatic heterocycles. The molecule has 1 aliphatic carbocycles. The SMILES string of the molecule is C.CCS(=O)(=O)CCN(C(=O)Cc1ccc(F)c(C(F)(F)F)c1)[C@H](C)c1nc(C2(C)CC2)cn1-c1ccc(C#N)cc1. The summed E-state index contributed by atoms with van der Waals surface area (Å²) in [6.45, 7) is 5.03. The maximum Gasteiger partial charge on any atom is 0.419 e. The van der Waals surface area contributed by atoms with E-state index in [0.29, 0.717) is 29.2 Å². The molecule has 2 aromatic carbocycles. The lowest BCUT2D eigenvalue weighted by Crippen LogP contribution is -2.39. The fourth-order valence-corrected chi connectivity index (χ4v) is 5.32. The van der Waals surface area contributed by atoms with Gasteiger partial charge in [-0.15, -0.1) is 0 Å². The van der Waals surface area contributed by atoms with Crippen molar-refractivity contribution in [2.45, 2.75) is 65.1 Å². The van der Waals surface area contributed by atoms with Crippen molar-refractivity contribution in [2.24, 2.45) is 0 Å². The molecule has 0 unspecified atom stereocenters. The van der Waals surface area contributed by atoms with Crippen LogP contribution in [0.25, 0.3) is 5.69 Å². The lowest BCUT2D eigenvalue weighted by atomic mass is 10.1. The number of nitrogens with zero attached hydrogens (tertiary/aromatic N) is 4. The molecule has 0 bridgehead atoms. The van der Waals surface area contributed by atoms with E-state index in [2.05, 4.69) is 13.0 Å². The van der Waals surface area contributed by atoms with Gasteiger partial charge in [-0.05, 0) is 61.7 Å². The third-order valence-corrected chi connectivity index (χ3v) is 9.25. The highest BCUT2D eigenvalue weighted by molar-refractivity contribution is 7.91. The van der Waals surface area contributed by atoms with Crippen LogP contribution in [-0.2, 0) is 32.6 Å². The minimum absolute atomic E-state index is 0. The van der Waals surface area contributed by atoms with Gasteiger partial charge in [0.25, 0.3) is 0 Å². The number of imidazole rings is 1. The van der Waals surface area contributed by atoms with Crippen LogP contribution in [0.4, 0.5) is 17.6 Å². The van der Waals surface area contributed by atoms with Gasteiger partial charge < -0.3 is 9.47 Å². The highest BCUT2D eigenvalue weighted by Crippen LogP contribution is 2.47. The molecule has 1 heterocycles. The van der Waals surface area contributed by atoms with Crippen LogP contribution >= 0.6 is 0 Å². The topological polar surface area (TPSA) is 96.1 Å². The minimum atomic E-state index is -4.94. The summed E-state index contributed by atoms with van der Waals surface area (Å²) >= 11 is 0. The summed E-state index contributed by atoms with van der Waals surface area (Å²) in [6.07, 6.45) is -1.72. The van der Waals surface area contributed by atoms with Gasteiger partial charge in [0.05, 0.1) is 41.1 Å². The molecule has 3 aromatic rings. The highest BCUT2D eigenvalue weighted by Gasteiger charge is 2.42. The molecule has 0 radical (unpaired) electrons. The molecule has 0 aliphatic heterocycles. The van der Waals surface area contributed by atoms with Crippen molar-refractivity contribution in [3.05, 3.63) is 82.7 Å². The first-order valence-corrected chi connectivity index (χ1v) is 15.0. The Bertz CT molecular complexity index is 1590. The minimum Gasteiger partial charge on any atom is -0.331 e. The summed E-state index contributed by atoms with van der Waals surface area (Å²) < 4.78 is 80.3. The van der Waals surface area contributed by atoms with Crippen LogP contribution in [0.15, 0.2) is 48.7 Å². The van der Waals surface area contributed by atoms with Gasteiger partial charge in [0, 0.05) is 29.6 Å². The Labute approximate surface area is 243 Å². The number of carbonyl (C=O) groups excluding carboxylic acids is 1. The van der Waals surface area contributed by atoms with Crippen molar-refractivity contribution < 1.29 is 30.8 Å². The van der Waals surface area contributed by atoms with Gasteiger partial charge in [-0.1, -0.05) is 27.3 Å². The molecule has 0 saturated heterocycles. The molecule has 4 rings (SSSR count). The number of sulfone groups is 1. The van der Waals surface area contributed by atoms with Crippen LogP contribution in [-0.4, -0.2) is 46.8 Å². The monoisotopic (exact) mass is 606 g/mol. The maximum atomic E-state index is 13.8. The largest absolute Gasteiger partial charge is 0.419 e. The summed E-state index contributed by atoms with van der Waals surface area (Å²) in [5.41, 5.74) is 0.253. The molecule has 42 heavy (non-hydrogen) atoms. The zero-order valence-corrected chi connectivity index (χ0v) is 23.7. The number of amides is 1. The number of nitriles is 1. The lowest BCUT2D eigenvalue weighted by Gasteiger charge is -2.29. The predicted molar refractivity (Wildman–Crippen MR) is 151 cm³/mol. The number of halogens is 4. The fourth-order valence-electron chi connectivity index (χ4n) is 4.56. The van der Waals surface area contributed by atoms with E-state index < -0.39 is 45.8 Å². The van der Waals surface area contributed by atoms with E-state index in [4.69, 9.17) is 4.98 Å². The standard InChI is InChI=1S/C29H30F4N4O3S.CH4/c1-4-41(39,40)14-13-36(26(38)16-21-7-10-24(30)23(15-21)29(31,32)33)19(2)27-35-25(28(3)11-12-28)18-37(27)22-8-5-20(17-34)6-9-22;/h5-10,15,18-19H,4,11-14,16H2,1-3H3;1H4/t19-;/m1./s1. The van der Waals surface area contributed by atoms with E-state index in [1.54, 1.807) is 35.8 Å². The van der Waals surface area contributed by atoms with Gasteiger partial charge in [-0.25, -0.2) is 17.8 Å². The normalized spacial score (nSPS) is 14.9. The molecule has 1 aliphatic rings. The van der Waals surface area contributed by atoms with Crippen molar-refractivity contribution >= 4 is 15.7 Å². The van der Waals surface area contributed by atoms with Crippen molar-refractivity contribution in [1.29, 1.82) is 5.26 Å². The average molecular weight is 607 g/mol. The van der Waals surface area contributed by atoms with Crippen LogP contribution < -0.4 is 0 Å². The van der Waals surface area contributed by atoms with E-state index in [0.717, 1.165) is 24.6 Å². The molecular weight excluding hydrogens is 572 g/mol. The quantitative estimate of drug-likeness (QED) is 0.258. The summed E-state index contributed by atoms with van der Waals surface area (Å²) in [4.78, 5) is 19.8. The molecule has 226 valence electrons. The third-order valence-electron chi connectivity index (χ3n) is 7.56. The van der Waals surface area contributed by atoms with E-state index in [1.165, 1.54) is 11.8 Å². The number of aromatic nitrogens is 2. The first-order valence-electron chi connectivity index (χ1n) is 13.1. The predicted octanol–water partition coefficient (Wildman–Crippen LogP) is 6.16. The van der Waals surface area contributed by atoms with Crippen LogP contribution in [0.3, 0.4) is 0 Å². The van der Waals surface area contributed by atoms with Crippen molar-refractivity contribution in [1.82, 2.24) is 14.5 Å². The van der Waals surface area contributed by atoms with E-state index in [9.17, 15) is 36.0 Å². The number of hydrogen-bond acceptors (Lipinski definition) is 5. The van der Waals surface area contributed by atoms with Gasteiger partial charge in [0.2, 0.25) is 5.91 Å². The molecule has 1 atom stereocenters. The summed E-state index contributed by atoms with van der Waals surface area (Å²) in [5, 5.41) is 9.19. The van der Waals surface area contributed by atoms with Crippen LogP contribution in [0.2, 0.25) is 0 Å². The fraction of sp³-hybridized carbons (Fsp3) is 0.433. The molecule has 0 spiro atoms. The summed E-state index contributed by atoms with van der Waals surface area (Å²) in [7, 11) is -3.50. The summed E-state index contributed by atoms with van der Waals surface area (Å²) in [5.74, 6) is -2.12. The van der Waals surface area contributed by atoms with Crippen molar-refractivity contribution in [2.75, 3.05) is 18.1 Å². The maximum absolute atomic E-state index is 13.8. The Kier molecular flexibility index (Phi) is 9.57. The van der Waals surface area contributed by atoms with Gasteiger partial charge in [0.15, 0.2) is 9.84 Å². The first kappa shape index (κ1) is 32.8. The Morgan fingerprint density at radius 3 is 2.38 bits per heavy atom. The Hall–Kier alpha value is -3.72. The molecule has 7 nitrogen and oxygen atoms in total. The number of rotatable bonds is 10. The number of hydrogen-bond donors (Lipinski definition) is 0. The van der Waals surface area contributed by atoms with Gasteiger partial charge in [-0.2, -0.15) is 18.4 Å². The van der Waals surface area contributed by atoms with E-state index in [-0.39, 0.29) is 36.5 Å². The number of benzene rings is 2. The number of carbonyl (C=O) groups is 1. The highest BCUT2D eigenvalue weighted by atomic mass is 32.2. The molecule has 12 heteroatoms. The van der Waals surface area contributed by atoms with E-state index in [1.807, 2.05) is 6.20 Å². The summed E-state index contributed by atoms with van der Waals surface area (Å²) in [6, 6.07) is 10.4. The van der Waals surface area contributed by atoms with E-state index >= 15 is 0 Å². The first-order chi connectivity index (χ1) is 19.2. The Balaban J connectivity index is 0.00000484. The zero-order valence-electron chi connectivity index (χ0n) is 22.9. The smallest absolute Gasteiger partial charge is 0.331 e. The van der Waals surface area contributed by atoms with Crippen LogP contribution in [0.5, 0.6) is 0 Å². The Morgan fingerprint density at radius 1 is 1.19 bits per heavy atom. The van der Waals surface area contributed by atoms with Gasteiger partial charge in [0.1, 0.15) is 11.6 Å². The average Bonchev–Trinajstić information content (AvgIpc) is 3.51. The second-order valence-corrected chi connectivity index (χ2v) is 13.0. The Morgan fingerprint density at radius 2 is 1.83 bits per heavy atom. The van der Waals surface area contributed by atoms with Crippen LogP contribution in [0, 0.1) is 17.1 Å². The van der Waals surface area contributed by atoms with Gasteiger partial charge in [-0.3, -0.25) is 4.79 Å². The van der Waals surface area contributed by atoms with Gasteiger partial charge >= 0.3 is 6.18 Å². The number of alkyl halides is 3. The molecular formula is C30H34F4N4O3S. The lowest BCUT2D eigenvalue weighted by molar-refractivity contribution is -0.140. The third kappa shape index (κ3) is 7.18. The molecule has 1 saturated carbocycles. The molecule has 1 amide bonds. The molecule has 1 fully saturated rings. The second kappa shape index (κ2) is 12.3. The van der Waals surface area contributed by atoms with Crippen molar-refractivity contribution in [3.8, 4) is 11.8 Å². The van der Waals surface area contributed by atoms with Crippen LogP contribution in [0.1, 0.15) is 75.3 Å². The second-order valence-electron chi connectivity index (χ2n) is 10.6. The van der Waals surface area contributed by atoms with Crippen molar-refractivity contribution in [3.63, 3.8) is 0 Å².